The average Bonchev–Trinajstić information content (AvgIpc) is 3.40. The third kappa shape index (κ3) is 4.06. The molecule has 3 rings (SSSR count). The summed E-state index contributed by atoms with van der Waals surface area (Å²) in [6.07, 6.45) is 5.69. The number of benzene rings is 1. The number of nitrogens with zero attached hydrogens (tertiary/aromatic N) is 3. The summed E-state index contributed by atoms with van der Waals surface area (Å²) in [6, 6.07) is 3.92. The molecule has 1 amide bonds. The molecule has 28 heavy (non-hydrogen) atoms. The lowest BCUT2D eigenvalue weighted by Gasteiger charge is -2.25. The maximum absolute atomic E-state index is 12.8. The van der Waals surface area contributed by atoms with Crippen LogP contribution in [-0.4, -0.2) is 43.5 Å². The number of methoxy groups -OCH3 is 3. The van der Waals surface area contributed by atoms with Gasteiger partial charge in [-0.1, -0.05) is 31.1 Å². The molecule has 0 spiro atoms. The maximum Gasteiger partial charge on any atom is 0.229 e. The summed E-state index contributed by atoms with van der Waals surface area (Å²) in [5.41, 5.74) is 0.813. The Morgan fingerprint density at radius 3 is 2.29 bits per heavy atom. The topological polar surface area (TPSA) is 73.8 Å². The van der Waals surface area contributed by atoms with Crippen molar-refractivity contribution in [2.24, 2.45) is 0 Å². The van der Waals surface area contributed by atoms with Crippen molar-refractivity contribution in [2.75, 3.05) is 26.2 Å². The summed E-state index contributed by atoms with van der Waals surface area (Å²) in [6.45, 7) is 2.02. The SMILES string of the molecule is CCCC(=O)N(c1nnc(-c2cc(OC)c(OC)c(OC)c2)s1)C1CCCC1. The largest absolute Gasteiger partial charge is 0.493 e. The van der Waals surface area contributed by atoms with Crippen LogP contribution in [0.1, 0.15) is 45.4 Å². The maximum atomic E-state index is 12.8. The summed E-state index contributed by atoms with van der Waals surface area (Å²) >= 11 is 1.42. The molecule has 152 valence electrons. The lowest BCUT2D eigenvalue weighted by molar-refractivity contribution is -0.119. The minimum absolute atomic E-state index is 0.127. The van der Waals surface area contributed by atoms with E-state index in [1.165, 1.54) is 11.3 Å². The van der Waals surface area contributed by atoms with Crippen LogP contribution >= 0.6 is 11.3 Å². The highest BCUT2D eigenvalue weighted by Gasteiger charge is 2.30. The highest BCUT2D eigenvalue weighted by molar-refractivity contribution is 7.18. The molecule has 1 heterocycles. The van der Waals surface area contributed by atoms with Gasteiger partial charge in [0.25, 0.3) is 0 Å². The Morgan fingerprint density at radius 2 is 1.75 bits per heavy atom. The number of aromatic nitrogens is 2. The Hall–Kier alpha value is -2.35. The van der Waals surface area contributed by atoms with Gasteiger partial charge in [-0.2, -0.15) is 0 Å². The Morgan fingerprint density at radius 1 is 1.11 bits per heavy atom. The first kappa shape index (κ1) is 20.4. The standard InChI is InChI=1S/C20H27N3O4S/c1-5-8-17(24)23(14-9-6-7-10-14)20-22-21-19(28-20)13-11-15(25-2)18(27-4)16(12-13)26-3/h11-12,14H,5-10H2,1-4H3. The number of carbonyl (C=O) groups excluding carboxylic acids is 1. The first-order valence-electron chi connectivity index (χ1n) is 9.58. The number of carbonyl (C=O) groups is 1. The van der Waals surface area contributed by atoms with E-state index in [0.29, 0.717) is 33.8 Å². The molecule has 1 aliphatic rings. The van der Waals surface area contributed by atoms with E-state index in [-0.39, 0.29) is 11.9 Å². The number of hydrogen-bond donors (Lipinski definition) is 0. The first-order chi connectivity index (χ1) is 13.6. The third-order valence-electron chi connectivity index (χ3n) is 4.95. The van der Waals surface area contributed by atoms with Crippen LogP contribution in [0.2, 0.25) is 0 Å². The van der Waals surface area contributed by atoms with Gasteiger partial charge in [0, 0.05) is 18.0 Å². The Balaban J connectivity index is 1.97. The van der Waals surface area contributed by atoms with E-state index in [1.54, 1.807) is 21.3 Å². The van der Waals surface area contributed by atoms with E-state index in [9.17, 15) is 4.79 Å². The van der Waals surface area contributed by atoms with Gasteiger partial charge in [0.15, 0.2) is 11.5 Å². The van der Waals surface area contributed by atoms with Gasteiger partial charge in [-0.25, -0.2) is 0 Å². The molecular weight excluding hydrogens is 378 g/mol. The summed E-state index contributed by atoms with van der Waals surface area (Å²) in [4.78, 5) is 14.6. The van der Waals surface area contributed by atoms with Gasteiger partial charge < -0.3 is 14.2 Å². The number of anilines is 1. The van der Waals surface area contributed by atoms with Crippen LogP contribution in [-0.2, 0) is 4.79 Å². The Kier molecular flexibility index (Phi) is 6.72. The minimum atomic E-state index is 0.127. The lowest BCUT2D eigenvalue weighted by Crippen LogP contribution is -2.38. The van der Waals surface area contributed by atoms with Crippen LogP contribution in [0.15, 0.2) is 12.1 Å². The fraction of sp³-hybridized carbons (Fsp3) is 0.550. The van der Waals surface area contributed by atoms with Gasteiger partial charge in [0.2, 0.25) is 16.8 Å². The number of ether oxygens (including phenoxy) is 3. The zero-order valence-electron chi connectivity index (χ0n) is 16.9. The van der Waals surface area contributed by atoms with Crippen LogP contribution in [0.4, 0.5) is 5.13 Å². The molecule has 8 heteroatoms. The second-order valence-electron chi connectivity index (χ2n) is 6.76. The van der Waals surface area contributed by atoms with E-state index in [1.807, 2.05) is 24.0 Å². The van der Waals surface area contributed by atoms with Crippen LogP contribution in [0.25, 0.3) is 10.6 Å². The van der Waals surface area contributed by atoms with Gasteiger partial charge in [0.1, 0.15) is 5.01 Å². The van der Waals surface area contributed by atoms with Gasteiger partial charge in [-0.05, 0) is 31.4 Å². The predicted molar refractivity (Wildman–Crippen MR) is 110 cm³/mol. The monoisotopic (exact) mass is 405 g/mol. The molecule has 7 nitrogen and oxygen atoms in total. The number of hydrogen-bond acceptors (Lipinski definition) is 7. The minimum Gasteiger partial charge on any atom is -0.493 e. The molecular formula is C20H27N3O4S. The zero-order valence-corrected chi connectivity index (χ0v) is 17.7. The molecule has 2 aromatic rings. The Bertz CT molecular complexity index is 793. The normalized spacial score (nSPS) is 14.1. The van der Waals surface area contributed by atoms with E-state index in [4.69, 9.17) is 14.2 Å². The van der Waals surface area contributed by atoms with E-state index in [2.05, 4.69) is 10.2 Å². The van der Waals surface area contributed by atoms with Crippen LogP contribution in [0.5, 0.6) is 17.2 Å². The number of rotatable bonds is 8. The summed E-state index contributed by atoms with van der Waals surface area (Å²) in [7, 11) is 4.73. The van der Waals surface area contributed by atoms with Crippen LogP contribution in [0.3, 0.4) is 0 Å². The van der Waals surface area contributed by atoms with Gasteiger partial charge in [-0.3, -0.25) is 9.69 Å². The highest BCUT2D eigenvalue weighted by atomic mass is 32.1. The summed E-state index contributed by atoms with van der Waals surface area (Å²) in [5, 5.41) is 10.1. The number of amides is 1. The molecule has 0 atom stereocenters. The van der Waals surface area contributed by atoms with Gasteiger partial charge >= 0.3 is 0 Å². The fourth-order valence-corrected chi connectivity index (χ4v) is 4.52. The second kappa shape index (κ2) is 9.23. The van der Waals surface area contributed by atoms with Crippen molar-refractivity contribution in [3.8, 4) is 27.8 Å². The van der Waals surface area contributed by atoms with Crippen molar-refractivity contribution in [1.82, 2.24) is 10.2 Å². The molecule has 0 bridgehead atoms. The van der Waals surface area contributed by atoms with Crippen molar-refractivity contribution in [2.45, 2.75) is 51.5 Å². The van der Waals surface area contributed by atoms with Crippen molar-refractivity contribution in [3.05, 3.63) is 12.1 Å². The quantitative estimate of drug-likeness (QED) is 0.652. The molecule has 1 aliphatic carbocycles. The predicted octanol–water partition coefficient (Wildman–Crippen LogP) is 4.31. The van der Waals surface area contributed by atoms with Gasteiger partial charge in [0.05, 0.1) is 21.3 Å². The average molecular weight is 406 g/mol. The van der Waals surface area contributed by atoms with Crippen LogP contribution in [0, 0.1) is 0 Å². The molecule has 0 radical (unpaired) electrons. The second-order valence-corrected chi connectivity index (χ2v) is 7.71. The van der Waals surface area contributed by atoms with E-state index < -0.39 is 0 Å². The molecule has 1 aromatic carbocycles. The van der Waals surface area contributed by atoms with E-state index >= 15 is 0 Å². The van der Waals surface area contributed by atoms with Crippen molar-refractivity contribution < 1.29 is 19.0 Å². The van der Waals surface area contributed by atoms with Crippen molar-refractivity contribution >= 4 is 22.4 Å². The smallest absolute Gasteiger partial charge is 0.229 e. The van der Waals surface area contributed by atoms with Crippen molar-refractivity contribution in [3.63, 3.8) is 0 Å². The molecule has 0 unspecified atom stereocenters. The molecule has 0 saturated heterocycles. The van der Waals surface area contributed by atoms with Crippen LogP contribution < -0.4 is 19.1 Å². The van der Waals surface area contributed by atoms with E-state index in [0.717, 1.165) is 37.7 Å². The lowest BCUT2D eigenvalue weighted by atomic mass is 10.2. The molecule has 1 aromatic heterocycles. The molecule has 0 N–H and O–H groups in total. The Labute approximate surface area is 169 Å². The molecule has 1 fully saturated rings. The highest BCUT2D eigenvalue weighted by Crippen LogP contribution is 2.42. The fourth-order valence-electron chi connectivity index (χ4n) is 3.60. The summed E-state index contributed by atoms with van der Waals surface area (Å²) < 4.78 is 16.2. The summed E-state index contributed by atoms with van der Waals surface area (Å²) in [5.74, 6) is 1.78. The van der Waals surface area contributed by atoms with Gasteiger partial charge in [-0.15, -0.1) is 10.2 Å². The van der Waals surface area contributed by atoms with Crippen molar-refractivity contribution in [1.29, 1.82) is 0 Å². The zero-order chi connectivity index (χ0) is 20.1. The molecule has 0 aliphatic heterocycles. The molecule has 1 saturated carbocycles. The third-order valence-corrected chi connectivity index (χ3v) is 5.93. The first-order valence-corrected chi connectivity index (χ1v) is 10.4.